The molecule has 1 aliphatic rings. The molecule has 1 saturated heterocycles. The van der Waals surface area contributed by atoms with Gasteiger partial charge in [-0.05, 0) is 31.0 Å². The Balaban J connectivity index is 1.70. The van der Waals surface area contributed by atoms with Crippen molar-refractivity contribution in [3.05, 3.63) is 35.0 Å². The van der Waals surface area contributed by atoms with Gasteiger partial charge in [-0.1, -0.05) is 11.6 Å². The van der Waals surface area contributed by atoms with E-state index in [1.165, 1.54) is 12.0 Å². The third-order valence-corrected chi connectivity index (χ3v) is 4.38. The highest BCUT2D eigenvalue weighted by atomic mass is 35.5. The van der Waals surface area contributed by atoms with Gasteiger partial charge in [0.2, 0.25) is 5.89 Å². The summed E-state index contributed by atoms with van der Waals surface area (Å²) in [6, 6.07) is 4.37. The summed E-state index contributed by atoms with van der Waals surface area (Å²) in [7, 11) is 1.46. The molecule has 2 amide bonds. The van der Waals surface area contributed by atoms with Crippen LogP contribution in [0.5, 0.6) is 5.75 Å². The van der Waals surface area contributed by atoms with Gasteiger partial charge in [-0.25, -0.2) is 4.79 Å². The van der Waals surface area contributed by atoms with Crippen LogP contribution in [0.3, 0.4) is 0 Å². The Bertz CT molecular complexity index is 827. The second-order valence-electron chi connectivity index (χ2n) is 6.00. The number of likely N-dealkylation sites (tertiary alicyclic amines) is 1. The van der Waals surface area contributed by atoms with Crippen LogP contribution in [-0.4, -0.2) is 41.3 Å². The Morgan fingerprint density at radius 3 is 2.85 bits per heavy atom. The second kappa shape index (κ2) is 7.63. The number of halogens is 4. The van der Waals surface area contributed by atoms with Gasteiger partial charge in [0.25, 0.3) is 0 Å². The number of piperidine rings is 1. The topological polar surface area (TPSA) is 80.5 Å². The molecule has 27 heavy (non-hydrogen) atoms. The van der Waals surface area contributed by atoms with Gasteiger partial charge >= 0.3 is 18.1 Å². The van der Waals surface area contributed by atoms with E-state index in [-0.39, 0.29) is 12.4 Å². The summed E-state index contributed by atoms with van der Waals surface area (Å²) in [6.45, 7) is 0.611. The Hall–Kier alpha value is -2.49. The molecule has 1 aromatic carbocycles. The van der Waals surface area contributed by atoms with E-state index in [1.807, 2.05) is 0 Å². The minimum Gasteiger partial charge on any atom is -0.495 e. The van der Waals surface area contributed by atoms with E-state index in [0.29, 0.717) is 35.8 Å². The van der Waals surface area contributed by atoms with E-state index in [9.17, 15) is 18.0 Å². The molecule has 7 nitrogen and oxygen atoms in total. The largest absolute Gasteiger partial charge is 0.495 e. The van der Waals surface area contributed by atoms with Gasteiger partial charge in [0, 0.05) is 18.1 Å². The lowest BCUT2D eigenvalue weighted by Gasteiger charge is -2.31. The van der Waals surface area contributed by atoms with Crippen LogP contribution in [0.25, 0.3) is 0 Å². The van der Waals surface area contributed by atoms with Crippen molar-refractivity contribution >= 4 is 23.3 Å². The molecule has 0 bridgehead atoms. The van der Waals surface area contributed by atoms with Crippen LogP contribution < -0.4 is 10.1 Å². The van der Waals surface area contributed by atoms with Crippen molar-refractivity contribution < 1.29 is 27.1 Å². The second-order valence-corrected chi connectivity index (χ2v) is 6.44. The molecule has 0 saturated carbocycles. The van der Waals surface area contributed by atoms with E-state index >= 15 is 0 Å². The average molecular weight is 405 g/mol. The molecule has 1 aromatic heterocycles. The zero-order valence-corrected chi connectivity index (χ0v) is 15.0. The molecule has 2 aromatic rings. The zero-order chi connectivity index (χ0) is 19.6. The van der Waals surface area contributed by atoms with Crippen LogP contribution in [0, 0.1) is 0 Å². The predicted molar refractivity (Wildman–Crippen MR) is 89.9 cm³/mol. The third kappa shape index (κ3) is 4.44. The van der Waals surface area contributed by atoms with Crippen LogP contribution in [0.15, 0.2) is 22.6 Å². The number of urea groups is 1. The Labute approximate surface area is 157 Å². The van der Waals surface area contributed by atoms with Gasteiger partial charge in [-0.2, -0.15) is 13.2 Å². The number of nitrogens with one attached hydrogen (secondary N) is 1. The quantitative estimate of drug-likeness (QED) is 0.830. The number of carbonyl (C=O) groups excluding carboxylic acids is 1. The summed E-state index contributed by atoms with van der Waals surface area (Å²) in [6.07, 6.45) is -3.56. The third-order valence-electron chi connectivity index (χ3n) is 4.14. The molecule has 2 heterocycles. The summed E-state index contributed by atoms with van der Waals surface area (Å²) < 4.78 is 47.8. The first-order valence-electron chi connectivity index (χ1n) is 8.08. The number of methoxy groups -OCH3 is 1. The van der Waals surface area contributed by atoms with Crippen LogP contribution in [0.1, 0.15) is 30.5 Å². The average Bonchev–Trinajstić information content (AvgIpc) is 3.13. The number of hydrogen-bond acceptors (Lipinski definition) is 5. The minimum atomic E-state index is -4.69. The highest BCUT2D eigenvalue weighted by molar-refractivity contribution is 6.31. The number of alkyl halides is 3. The van der Waals surface area contributed by atoms with Gasteiger partial charge in [0.15, 0.2) is 0 Å². The first-order chi connectivity index (χ1) is 12.8. The maximum atomic E-state index is 12.6. The number of hydrogen-bond donors (Lipinski definition) is 1. The predicted octanol–water partition coefficient (Wildman–Crippen LogP) is 4.16. The number of carbonyl (C=O) groups is 1. The monoisotopic (exact) mass is 404 g/mol. The summed E-state index contributed by atoms with van der Waals surface area (Å²) in [5, 5.41) is 9.66. The fraction of sp³-hybridized carbons (Fsp3) is 0.438. The van der Waals surface area contributed by atoms with Crippen LogP contribution >= 0.6 is 11.6 Å². The van der Waals surface area contributed by atoms with Crippen LogP contribution in [0.4, 0.5) is 23.7 Å². The van der Waals surface area contributed by atoms with Crippen molar-refractivity contribution in [3.8, 4) is 5.75 Å². The van der Waals surface area contributed by atoms with E-state index < -0.39 is 24.0 Å². The van der Waals surface area contributed by atoms with E-state index in [4.69, 9.17) is 20.8 Å². The normalized spacial score (nSPS) is 17.7. The maximum Gasteiger partial charge on any atom is 0.470 e. The number of aromatic nitrogens is 2. The zero-order valence-electron chi connectivity index (χ0n) is 14.2. The molecule has 0 radical (unpaired) electrons. The molecule has 1 unspecified atom stereocenters. The minimum absolute atomic E-state index is 0.125. The molecule has 3 rings (SSSR count). The molecule has 1 atom stereocenters. The number of rotatable bonds is 3. The van der Waals surface area contributed by atoms with Gasteiger partial charge in [0.1, 0.15) is 5.75 Å². The van der Waals surface area contributed by atoms with Crippen molar-refractivity contribution in [2.45, 2.75) is 24.9 Å². The molecule has 0 spiro atoms. The molecule has 11 heteroatoms. The molecular weight excluding hydrogens is 389 g/mol. The Kier molecular flexibility index (Phi) is 5.45. The lowest BCUT2D eigenvalue weighted by Crippen LogP contribution is -2.41. The van der Waals surface area contributed by atoms with E-state index in [0.717, 1.165) is 0 Å². The number of amides is 2. The maximum absolute atomic E-state index is 12.6. The fourth-order valence-electron chi connectivity index (χ4n) is 2.85. The van der Waals surface area contributed by atoms with Gasteiger partial charge in [-0.3, -0.25) is 0 Å². The number of benzene rings is 1. The fourth-order valence-corrected chi connectivity index (χ4v) is 3.02. The summed E-state index contributed by atoms with van der Waals surface area (Å²) in [4.78, 5) is 14.0. The summed E-state index contributed by atoms with van der Waals surface area (Å²) in [5.74, 6) is -1.54. The standard InChI is InChI=1S/C16H16ClF3N4O3/c1-26-12-5-4-10(17)7-11(12)21-15(25)24-6-2-3-9(8-24)13-22-23-14(27-13)16(18,19)20/h4-5,7,9H,2-3,6,8H2,1H3,(H,21,25). The first-order valence-corrected chi connectivity index (χ1v) is 8.46. The summed E-state index contributed by atoms with van der Waals surface area (Å²) >= 11 is 5.95. The van der Waals surface area contributed by atoms with Gasteiger partial charge < -0.3 is 19.4 Å². The van der Waals surface area contributed by atoms with Crippen molar-refractivity contribution in [2.24, 2.45) is 0 Å². The van der Waals surface area contributed by atoms with Crippen LogP contribution in [0.2, 0.25) is 5.02 Å². The van der Waals surface area contributed by atoms with Crippen molar-refractivity contribution in [1.29, 1.82) is 0 Å². The lowest BCUT2D eigenvalue weighted by molar-refractivity contribution is -0.157. The van der Waals surface area contributed by atoms with Crippen molar-refractivity contribution in [3.63, 3.8) is 0 Å². The number of anilines is 1. The molecule has 146 valence electrons. The molecule has 1 aliphatic heterocycles. The van der Waals surface area contributed by atoms with Crippen molar-refractivity contribution in [2.75, 3.05) is 25.5 Å². The van der Waals surface area contributed by atoms with Gasteiger partial charge in [0.05, 0.1) is 18.7 Å². The highest BCUT2D eigenvalue weighted by Gasteiger charge is 2.39. The van der Waals surface area contributed by atoms with E-state index in [2.05, 4.69) is 15.5 Å². The van der Waals surface area contributed by atoms with Gasteiger partial charge in [-0.15, -0.1) is 10.2 Å². The molecular formula is C16H16ClF3N4O3. The number of nitrogens with zero attached hydrogens (tertiary/aromatic N) is 3. The Morgan fingerprint density at radius 2 is 2.19 bits per heavy atom. The molecule has 1 fully saturated rings. The smallest absolute Gasteiger partial charge is 0.470 e. The van der Waals surface area contributed by atoms with Crippen molar-refractivity contribution in [1.82, 2.24) is 15.1 Å². The summed E-state index contributed by atoms with van der Waals surface area (Å²) in [5.41, 5.74) is 0.397. The highest BCUT2D eigenvalue weighted by Crippen LogP contribution is 2.33. The van der Waals surface area contributed by atoms with Crippen LogP contribution in [-0.2, 0) is 6.18 Å². The Morgan fingerprint density at radius 1 is 1.41 bits per heavy atom. The number of ether oxygens (including phenoxy) is 1. The molecule has 1 N–H and O–H groups in total. The molecule has 0 aliphatic carbocycles. The van der Waals surface area contributed by atoms with E-state index in [1.54, 1.807) is 18.2 Å². The lowest BCUT2D eigenvalue weighted by atomic mass is 9.98. The SMILES string of the molecule is COc1ccc(Cl)cc1NC(=O)N1CCCC(c2nnc(C(F)(F)F)o2)C1. The first kappa shape index (κ1) is 19.3.